The van der Waals surface area contributed by atoms with Gasteiger partial charge in [0.15, 0.2) is 6.29 Å². The van der Waals surface area contributed by atoms with Gasteiger partial charge in [0.1, 0.15) is 0 Å². The van der Waals surface area contributed by atoms with Crippen LogP contribution in [0.15, 0.2) is 0 Å². The average molecular weight is 190 g/mol. The Morgan fingerprint density at radius 2 is 1.69 bits per heavy atom. The highest BCUT2D eigenvalue weighted by Gasteiger charge is 2.15. The summed E-state index contributed by atoms with van der Waals surface area (Å²) in [7, 11) is 4.55. The van der Waals surface area contributed by atoms with E-state index in [1.165, 1.54) is 7.11 Å². The number of esters is 1. The predicted octanol–water partition coefficient (Wildman–Crippen LogP) is 1.19. The van der Waals surface area contributed by atoms with Crippen LogP contribution in [-0.2, 0) is 19.0 Å². The van der Waals surface area contributed by atoms with E-state index in [-0.39, 0.29) is 18.2 Å². The zero-order chi connectivity index (χ0) is 10.3. The molecule has 0 bridgehead atoms. The Kier molecular flexibility index (Phi) is 6.54. The van der Waals surface area contributed by atoms with Crippen molar-refractivity contribution < 1.29 is 19.0 Å². The fraction of sp³-hybridized carbons (Fsp3) is 0.889. The number of hydrogen-bond donors (Lipinski definition) is 0. The molecule has 0 fully saturated rings. The van der Waals surface area contributed by atoms with Crippen molar-refractivity contribution in [3.63, 3.8) is 0 Å². The summed E-state index contributed by atoms with van der Waals surface area (Å²) in [6.45, 7) is 1.83. The summed E-state index contributed by atoms with van der Waals surface area (Å²) in [5.41, 5.74) is 0. The molecule has 4 nitrogen and oxygen atoms in total. The summed E-state index contributed by atoms with van der Waals surface area (Å²) < 4.78 is 14.6. The van der Waals surface area contributed by atoms with Gasteiger partial charge in [-0.15, -0.1) is 0 Å². The molecule has 0 amide bonds. The number of ether oxygens (including phenoxy) is 3. The average Bonchev–Trinajstić information content (AvgIpc) is 2.17. The first-order valence-corrected chi connectivity index (χ1v) is 4.29. The largest absolute Gasteiger partial charge is 0.469 e. The minimum atomic E-state index is -0.230. The first kappa shape index (κ1) is 12.4. The third-order valence-corrected chi connectivity index (χ3v) is 1.96. The van der Waals surface area contributed by atoms with Gasteiger partial charge in [-0.2, -0.15) is 0 Å². The third kappa shape index (κ3) is 4.85. The van der Waals surface area contributed by atoms with E-state index in [1.54, 1.807) is 14.2 Å². The SMILES string of the molecule is COC(=O)C(C)CCC(OC)OC. The lowest BCUT2D eigenvalue weighted by Crippen LogP contribution is -2.18. The molecule has 0 aromatic rings. The standard InChI is InChI=1S/C9H18O4/c1-7(9(10)13-4)5-6-8(11-2)12-3/h7-8H,5-6H2,1-4H3. The highest BCUT2D eigenvalue weighted by atomic mass is 16.7. The third-order valence-electron chi connectivity index (χ3n) is 1.96. The Morgan fingerprint density at radius 1 is 1.15 bits per heavy atom. The van der Waals surface area contributed by atoms with Crippen LogP contribution in [0, 0.1) is 5.92 Å². The number of methoxy groups -OCH3 is 3. The van der Waals surface area contributed by atoms with Gasteiger partial charge in [-0.3, -0.25) is 4.79 Å². The number of rotatable bonds is 6. The fourth-order valence-electron chi connectivity index (χ4n) is 1.04. The quantitative estimate of drug-likeness (QED) is 0.466. The maximum Gasteiger partial charge on any atom is 0.308 e. The van der Waals surface area contributed by atoms with Crippen LogP contribution in [0.5, 0.6) is 0 Å². The first-order chi connectivity index (χ1) is 6.15. The van der Waals surface area contributed by atoms with Gasteiger partial charge in [0.2, 0.25) is 0 Å². The van der Waals surface area contributed by atoms with Gasteiger partial charge in [-0.25, -0.2) is 0 Å². The molecule has 0 aliphatic rings. The molecule has 0 N–H and O–H groups in total. The van der Waals surface area contributed by atoms with Gasteiger partial charge in [0, 0.05) is 14.2 Å². The van der Waals surface area contributed by atoms with E-state index in [0.29, 0.717) is 12.8 Å². The minimum absolute atomic E-state index is 0.0993. The highest BCUT2D eigenvalue weighted by molar-refractivity contribution is 5.71. The molecule has 0 radical (unpaired) electrons. The van der Waals surface area contributed by atoms with E-state index >= 15 is 0 Å². The molecule has 0 saturated carbocycles. The van der Waals surface area contributed by atoms with Gasteiger partial charge in [-0.05, 0) is 12.8 Å². The molecule has 0 spiro atoms. The summed E-state index contributed by atoms with van der Waals surface area (Å²) in [5.74, 6) is -0.288. The smallest absolute Gasteiger partial charge is 0.308 e. The van der Waals surface area contributed by atoms with Crippen molar-refractivity contribution in [2.75, 3.05) is 21.3 Å². The summed E-state index contributed by atoms with van der Waals surface area (Å²) in [4.78, 5) is 11.0. The van der Waals surface area contributed by atoms with Gasteiger partial charge in [0.05, 0.1) is 13.0 Å². The molecule has 13 heavy (non-hydrogen) atoms. The van der Waals surface area contributed by atoms with Crippen LogP contribution in [0.4, 0.5) is 0 Å². The molecular formula is C9H18O4. The van der Waals surface area contributed by atoms with Crippen molar-refractivity contribution >= 4 is 5.97 Å². The molecule has 0 heterocycles. The Labute approximate surface area is 79.2 Å². The summed E-state index contributed by atoms with van der Waals surface area (Å²) in [6.07, 6.45) is 1.18. The van der Waals surface area contributed by atoms with Crippen LogP contribution >= 0.6 is 0 Å². The Bertz CT molecular complexity index is 143. The lowest BCUT2D eigenvalue weighted by molar-refractivity contribution is -0.146. The van der Waals surface area contributed by atoms with Crippen LogP contribution in [0.3, 0.4) is 0 Å². The van der Waals surface area contributed by atoms with Crippen molar-refractivity contribution in [3.05, 3.63) is 0 Å². The summed E-state index contributed by atoms with van der Waals surface area (Å²) >= 11 is 0. The number of carbonyl (C=O) groups is 1. The van der Waals surface area contributed by atoms with Crippen LogP contribution in [0.2, 0.25) is 0 Å². The Balaban J connectivity index is 3.67. The molecule has 0 rings (SSSR count). The van der Waals surface area contributed by atoms with Crippen LogP contribution in [-0.4, -0.2) is 33.6 Å². The van der Waals surface area contributed by atoms with E-state index in [0.717, 1.165) is 0 Å². The van der Waals surface area contributed by atoms with Crippen molar-refractivity contribution in [3.8, 4) is 0 Å². The topological polar surface area (TPSA) is 44.8 Å². The lowest BCUT2D eigenvalue weighted by Gasteiger charge is -2.15. The van der Waals surface area contributed by atoms with Crippen molar-refractivity contribution in [1.29, 1.82) is 0 Å². The number of carbonyl (C=O) groups excluding carboxylic acids is 1. The Hall–Kier alpha value is -0.610. The molecule has 0 aromatic carbocycles. The molecule has 0 aliphatic carbocycles. The first-order valence-electron chi connectivity index (χ1n) is 4.29. The second-order valence-electron chi connectivity index (χ2n) is 2.90. The summed E-state index contributed by atoms with van der Waals surface area (Å²) in [6, 6.07) is 0. The molecular weight excluding hydrogens is 172 g/mol. The molecule has 0 aromatic heterocycles. The van der Waals surface area contributed by atoms with Crippen LogP contribution in [0.1, 0.15) is 19.8 Å². The monoisotopic (exact) mass is 190 g/mol. The second-order valence-corrected chi connectivity index (χ2v) is 2.90. The molecule has 0 aliphatic heterocycles. The number of hydrogen-bond acceptors (Lipinski definition) is 4. The fourth-order valence-corrected chi connectivity index (χ4v) is 1.04. The summed E-state index contributed by atoms with van der Waals surface area (Å²) in [5, 5.41) is 0. The molecule has 78 valence electrons. The highest BCUT2D eigenvalue weighted by Crippen LogP contribution is 2.11. The van der Waals surface area contributed by atoms with Gasteiger partial charge >= 0.3 is 5.97 Å². The van der Waals surface area contributed by atoms with E-state index in [9.17, 15) is 4.79 Å². The van der Waals surface area contributed by atoms with Crippen molar-refractivity contribution in [2.24, 2.45) is 5.92 Å². The van der Waals surface area contributed by atoms with Crippen molar-refractivity contribution in [2.45, 2.75) is 26.1 Å². The zero-order valence-electron chi connectivity index (χ0n) is 8.70. The molecule has 1 unspecified atom stereocenters. The van der Waals surface area contributed by atoms with E-state index < -0.39 is 0 Å². The van der Waals surface area contributed by atoms with E-state index in [4.69, 9.17) is 9.47 Å². The maximum atomic E-state index is 11.0. The second kappa shape index (κ2) is 6.86. The van der Waals surface area contributed by atoms with Crippen LogP contribution < -0.4 is 0 Å². The van der Waals surface area contributed by atoms with E-state index in [2.05, 4.69) is 4.74 Å². The minimum Gasteiger partial charge on any atom is -0.469 e. The molecule has 1 atom stereocenters. The maximum absolute atomic E-state index is 11.0. The Morgan fingerprint density at radius 3 is 2.08 bits per heavy atom. The molecule has 0 saturated heterocycles. The normalized spacial score (nSPS) is 13.0. The van der Waals surface area contributed by atoms with Gasteiger partial charge < -0.3 is 14.2 Å². The van der Waals surface area contributed by atoms with Gasteiger partial charge in [0.25, 0.3) is 0 Å². The molecule has 4 heteroatoms. The van der Waals surface area contributed by atoms with Crippen LogP contribution in [0.25, 0.3) is 0 Å². The van der Waals surface area contributed by atoms with Crippen molar-refractivity contribution in [1.82, 2.24) is 0 Å². The van der Waals surface area contributed by atoms with E-state index in [1.807, 2.05) is 6.92 Å². The predicted molar refractivity (Wildman–Crippen MR) is 48.2 cm³/mol. The lowest BCUT2D eigenvalue weighted by atomic mass is 10.1. The zero-order valence-corrected chi connectivity index (χ0v) is 8.70. The van der Waals surface area contributed by atoms with Gasteiger partial charge in [-0.1, -0.05) is 6.92 Å².